The number of aromatic hydroxyl groups is 1. The van der Waals surface area contributed by atoms with E-state index in [0.717, 1.165) is 10.9 Å². The molecule has 0 unspecified atom stereocenters. The Bertz CT molecular complexity index is 665. The molecule has 0 amide bonds. The van der Waals surface area contributed by atoms with E-state index < -0.39 is 16.6 Å². The van der Waals surface area contributed by atoms with Gasteiger partial charge < -0.3 is 9.84 Å². The molecule has 0 radical (unpaired) electrons. The first-order chi connectivity index (χ1) is 9.54. The Hall–Kier alpha value is -2.90. The second-order valence-electron chi connectivity index (χ2n) is 3.77. The number of nitro groups is 1. The first-order valence-corrected chi connectivity index (χ1v) is 5.74. The zero-order valence-corrected chi connectivity index (χ0v) is 10.5. The molecule has 0 fully saturated rings. The summed E-state index contributed by atoms with van der Waals surface area (Å²) in [6, 6.07) is 5.86. The Labute approximate surface area is 113 Å². The summed E-state index contributed by atoms with van der Waals surface area (Å²) in [6.07, 6.45) is 1.12. The molecule has 1 aromatic heterocycles. The number of carbonyl (C=O) groups excluding carboxylic acids is 1. The van der Waals surface area contributed by atoms with E-state index in [1.165, 1.54) is 18.2 Å². The topological polar surface area (TPSA) is 107 Å². The van der Waals surface area contributed by atoms with Gasteiger partial charge in [0.2, 0.25) is 5.69 Å². The Balaban J connectivity index is 2.48. The van der Waals surface area contributed by atoms with Crippen LogP contribution in [0.4, 0.5) is 5.69 Å². The molecule has 1 N–H and O–H groups in total. The van der Waals surface area contributed by atoms with Crippen molar-refractivity contribution in [1.29, 1.82) is 0 Å². The van der Waals surface area contributed by atoms with Crippen LogP contribution in [0.5, 0.6) is 5.75 Å². The molecule has 0 spiro atoms. The number of rotatable bonds is 4. The largest absolute Gasteiger partial charge is 0.504 e. The molecule has 0 aliphatic carbocycles. The molecule has 20 heavy (non-hydrogen) atoms. The van der Waals surface area contributed by atoms with Gasteiger partial charge in [-0.25, -0.2) is 9.48 Å². The van der Waals surface area contributed by atoms with Gasteiger partial charge in [-0.3, -0.25) is 10.1 Å². The number of aromatic nitrogens is 2. The predicted molar refractivity (Wildman–Crippen MR) is 67.8 cm³/mol. The normalized spacial score (nSPS) is 10.2. The van der Waals surface area contributed by atoms with Crippen LogP contribution in [0.3, 0.4) is 0 Å². The molecule has 0 saturated carbocycles. The molecule has 104 valence electrons. The van der Waals surface area contributed by atoms with E-state index in [-0.39, 0.29) is 23.7 Å². The van der Waals surface area contributed by atoms with Crippen molar-refractivity contribution in [3.8, 4) is 11.4 Å². The molecule has 0 aliphatic rings. The van der Waals surface area contributed by atoms with Crippen LogP contribution < -0.4 is 0 Å². The number of hydrogen-bond acceptors (Lipinski definition) is 6. The standard InChI is InChI=1S/C12H11N3O5/c1-2-20-12(17)11-10(16)7-14(13-11)8-5-3-4-6-9(8)15(18)19/h3-7,16H,2H2,1H3. The van der Waals surface area contributed by atoms with Crippen molar-refractivity contribution >= 4 is 11.7 Å². The molecular formula is C12H11N3O5. The fraction of sp³-hybridized carbons (Fsp3) is 0.167. The van der Waals surface area contributed by atoms with Crippen LogP contribution in [0.2, 0.25) is 0 Å². The number of ether oxygens (including phenoxy) is 1. The average molecular weight is 277 g/mol. The van der Waals surface area contributed by atoms with Crippen LogP contribution in [-0.2, 0) is 4.74 Å². The second kappa shape index (κ2) is 5.39. The van der Waals surface area contributed by atoms with E-state index in [0.29, 0.717) is 0 Å². The van der Waals surface area contributed by atoms with E-state index in [9.17, 15) is 20.0 Å². The molecular weight excluding hydrogens is 266 g/mol. The predicted octanol–water partition coefficient (Wildman–Crippen LogP) is 1.66. The summed E-state index contributed by atoms with van der Waals surface area (Å²) in [5.74, 6) is -1.19. The molecule has 0 aliphatic heterocycles. The van der Waals surface area contributed by atoms with Crippen molar-refractivity contribution in [2.24, 2.45) is 0 Å². The summed E-state index contributed by atoms with van der Waals surface area (Å²) in [5, 5.41) is 24.4. The third-order valence-corrected chi connectivity index (χ3v) is 2.49. The minimum Gasteiger partial charge on any atom is -0.504 e. The first kappa shape index (κ1) is 13.5. The van der Waals surface area contributed by atoms with Crippen molar-refractivity contribution in [3.63, 3.8) is 0 Å². The maximum atomic E-state index is 11.5. The molecule has 0 atom stereocenters. The van der Waals surface area contributed by atoms with Crippen LogP contribution in [-0.4, -0.2) is 32.4 Å². The monoisotopic (exact) mass is 277 g/mol. The van der Waals surface area contributed by atoms with E-state index in [4.69, 9.17) is 4.74 Å². The highest BCUT2D eigenvalue weighted by Crippen LogP contribution is 2.25. The zero-order valence-electron chi connectivity index (χ0n) is 10.5. The number of nitrogens with zero attached hydrogens (tertiary/aromatic N) is 3. The van der Waals surface area contributed by atoms with Crippen LogP contribution in [0, 0.1) is 10.1 Å². The minimum absolute atomic E-state index is 0.136. The molecule has 0 bridgehead atoms. The van der Waals surface area contributed by atoms with E-state index in [2.05, 4.69) is 5.10 Å². The zero-order chi connectivity index (χ0) is 14.7. The van der Waals surface area contributed by atoms with E-state index in [1.54, 1.807) is 13.0 Å². The summed E-state index contributed by atoms with van der Waals surface area (Å²) < 4.78 is 5.80. The van der Waals surface area contributed by atoms with Crippen LogP contribution >= 0.6 is 0 Å². The lowest BCUT2D eigenvalue weighted by molar-refractivity contribution is -0.384. The van der Waals surface area contributed by atoms with Gasteiger partial charge in [-0.2, -0.15) is 5.10 Å². The Morgan fingerprint density at radius 2 is 2.20 bits per heavy atom. The van der Waals surface area contributed by atoms with Crippen LogP contribution in [0.1, 0.15) is 17.4 Å². The van der Waals surface area contributed by atoms with Crippen molar-refractivity contribution in [2.75, 3.05) is 6.61 Å². The first-order valence-electron chi connectivity index (χ1n) is 5.74. The maximum absolute atomic E-state index is 11.5. The molecule has 2 rings (SSSR count). The van der Waals surface area contributed by atoms with Gasteiger partial charge in [0, 0.05) is 6.07 Å². The summed E-state index contributed by atoms with van der Waals surface area (Å²) in [6.45, 7) is 1.75. The lowest BCUT2D eigenvalue weighted by atomic mass is 10.3. The molecule has 8 heteroatoms. The highest BCUT2D eigenvalue weighted by molar-refractivity contribution is 5.90. The Morgan fingerprint density at radius 3 is 2.85 bits per heavy atom. The summed E-state index contributed by atoms with van der Waals surface area (Å²) in [5.41, 5.74) is -0.334. The van der Waals surface area contributed by atoms with Crippen molar-refractivity contribution in [2.45, 2.75) is 6.92 Å². The van der Waals surface area contributed by atoms with Gasteiger partial charge in [0.1, 0.15) is 5.69 Å². The van der Waals surface area contributed by atoms with Crippen molar-refractivity contribution in [3.05, 3.63) is 46.3 Å². The van der Waals surface area contributed by atoms with Crippen LogP contribution in [0.25, 0.3) is 5.69 Å². The quantitative estimate of drug-likeness (QED) is 0.517. The van der Waals surface area contributed by atoms with Gasteiger partial charge in [-0.05, 0) is 13.0 Å². The van der Waals surface area contributed by atoms with E-state index >= 15 is 0 Å². The highest BCUT2D eigenvalue weighted by atomic mass is 16.6. The summed E-state index contributed by atoms with van der Waals surface area (Å²) in [7, 11) is 0. The molecule has 8 nitrogen and oxygen atoms in total. The lowest BCUT2D eigenvalue weighted by Gasteiger charge is -2.01. The highest BCUT2D eigenvalue weighted by Gasteiger charge is 2.21. The van der Waals surface area contributed by atoms with Crippen LogP contribution in [0.15, 0.2) is 30.5 Å². The van der Waals surface area contributed by atoms with Gasteiger partial charge in [0.25, 0.3) is 5.69 Å². The van der Waals surface area contributed by atoms with Gasteiger partial charge in [-0.15, -0.1) is 0 Å². The molecule has 1 aromatic carbocycles. The van der Waals surface area contributed by atoms with Crippen molar-refractivity contribution < 1.29 is 19.6 Å². The maximum Gasteiger partial charge on any atom is 0.362 e. The van der Waals surface area contributed by atoms with Gasteiger partial charge in [0.15, 0.2) is 5.75 Å². The fourth-order valence-electron chi connectivity index (χ4n) is 1.65. The van der Waals surface area contributed by atoms with Gasteiger partial charge >= 0.3 is 5.97 Å². The van der Waals surface area contributed by atoms with Gasteiger partial charge in [-0.1, -0.05) is 12.1 Å². The third kappa shape index (κ3) is 2.44. The van der Waals surface area contributed by atoms with Gasteiger partial charge in [0.05, 0.1) is 17.7 Å². The van der Waals surface area contributed by atoms with Crippen molar-refractivity contribution in [1.82, 2.24) is 9.78 Å². The number of carbonyl (C=O) groups is 1. The number of para-hydroxylation sites is 2. The number of nitro benzene ring substituents is 1. The fourth-order valence-corrected chi connectivity index (χ4v) is 1.65. The lowest BCUT2D eigenvalue weighted by Crippen LogP contribution is -2.07. The Kier molecular flexibility index (Phi) is 3.65. The molecule has 1 heterocycles. The van der Waals surface area contributed by atoms with E-state index in [1.807, 2.05) is 0 Å². The summed E-state index contributed by atoms with van der Waals surface area (Å²) >= 11 is 0. The summed E-state index contributed by atoms with van der Waals surface area (Å²) in [4.78, 5) is 21.9. The number of hydrogen-bond donors (Lipinski definition) is 1. The average Bonchev–Trinajstić information content (AvgIpc) is 2.81. The number of benzene rings is 1. The number of esters is 1. The Morgan fingerprint density at radius 1 is 1.50 bits per heavy atom. The minimum atomic E-state index is -0.790. The molecule has 0 saturated heterocycles. The smallest absolute Gasteiger partial charge is 0.362 e. The molecule has 2 aromatic rings. The second-order valence-corrected chi connectivity index (χ2v) is 3.77. The third-order valence-electron chi connectivity index (χ3n) is 2.49. The SMILES string of the molecule is CCOC(=O)c1nn(-c2ccccc2[N+](=O)[O-])cc1O.